The molecule has 1 atom stereocenters. The Kier molecular flexibility index (Phi) is 7.96. The maximum atomic E-state index is 6.52. The van der Waals surface area contributed by atoms with Crippen LogP contribution in [-0.4, -0.2) is 4.57 Å². The van der Waals surface area contributed by atoms with Gasteiger partial charge in [0.2, 0.25) is 0 Å². The largest absolute Gasteiger partial charge is 0.454 e. The third-order valence-corrected chi connectivity index (χ3v) is 11.6. The Morgan fingerprint density at radius 2 is 1.07 bits per heavy atom. The molecular formula is C54H38N2O. The number of rotatable bonds is 7. The van der Waals surface area contributed by atoms with Crippen molar-refractivity contribution in [3.05, 3.63) is 224 Å². The predicted molar refractivity (Wildman–Crippen MR) is 239 cm³/mol. The van der Waals surface area contributed by atoms with Crippen LogP contribution in [0, 0.1) is 0 Å². The van der Waals surface area contributed by atoms with Gasteiger partial charge in [-0.2, -0.15) is 0 Å². The molecule has 11 rings (SSSR count). The molecule has 1 aliphatic carbocycles. The number of anilines is 2. The van der Waals surface area contributed by atoms with Gasteiger partial charge >= 0.3 is 0 Å². The highest BCUT2D eigenvalue weighted by Crippen LogP contribution is 2.41. The van der Waals surface area contributed by atoms with Crippen molar-refractivity contribution in [2.45, 2.75) is 12.3 Å². The zero-order chi connectivity index (χ0) is 37.7. The fourth-order valence-electron chi connectivity index (χ4n) is 8.73. The zero-order valence-electron chi connectivity index (χ0n) is 31.3. The highest BCUT2D eigenvalue weighted by Gasteiger charge is 2.20. The molecule has 2 aromatic heterocycles. The number of hydrogen-bond donors (Lipinski definition) is 0. The van der Waals surface area contributed by atoms with Crippen molar-refractivity contribution >= 4 is 55.1 Å². The van der Waals surface area contributed by atoms with Gasteiger partial charge in [0.1, 0.15) is 5.58 Å². The van der Waals surface area contributed by atoms with E-state index in [1.54, 1.807) is 0 Å². The number of aromatic nitrogens is 1. The fourth-order valence-corrected chi connectivity index (χ4v) is 8.73. The van der Waals surface area contributed by atoms with E-state index in [1.807, 2.05) is 12.1 Å². The first kappa shape index (κ1) is 33.0. The lowest BCUT2D eigenvalue weighted by Crippen LogP contribution is -2.17. The Hall–Kier alpha value is -7.36. The van der Waals surface area contributed by atoms with Crippen molar-refractivity contribution in [1.29, 1.82) is 0 Å². The number of nitrogens with zero attached hydrogens (tertiary/aromatic N) is 2. The topological polar surface area (TPSA) is 21.3 Å². The van der Waals surface area contributed by atoms with E-state index < -0.39 is 0 Å². The Balaban J connectivity index is 0.974. The summed E-state index contributed by atoms with van der Waals surface area (Å²) in [6.07, 6.45) is 7.97. The summed E-state index contributed by atoms with van der Waals surface area (Å²) in [5.41, 5.74) is 14.7. The third-order valence-electron chi connectivity index (χ3n) is 11.6. The lowest BCUT2D eigenvalue weighted by molar-refractivity contribution is 0.666. The normalized spacial score (nSPS) is 14.1. The molecule has 0 saturated heterocycles. The van der Waals surface area contributed by atoms with Gasteiger partial charge in [0, 0.05) is 44.5 Å². The Labute approximate surface area is 331 Å². The van der Waals surface area contributed by atoms with E-state index in [0.29, 0.717) is 5.92 Å². The lowest BCUT2D eigenvalue weighted by atomic mass is 9.91. The van der Waals surface area contributed by atoms with Crippen molar-refractivity contribution in [1.82, 2.24) is 4.57 Å². The summed E-state index contributed by atoms with van der Waals surface area (Å²) >= 11 is 0. The number of hydrogen-bond acceptors (Lipinski definition) is 2. The maximum absolute atomic E-state index is 6.52. The molecule has 0 spiro atoms. The minimum absolute atomic E-state index is 0.368. The summed E-state index contributed by atoms with van der Waals surface area (Å²) in [5.74, 6) is 0.368. The maximum Gasteiger partial charge on any atom is 0.159 e. The summed E-state index contributed by atoms with van der Waals surface area (Å²) in [6.45, 7) is 0. The molecule has 2 heterocycles. The van der Waals surface area contributed by atoms with Crippen molar-refractivity contribution in [3.8, 4) is 27.9 Å². The van der Waals surface area contributed by atoms with Crippen LogP contribution >= 0.6 is 0 Å². The van der Waals surface area contributed by atoms with Crippen molar-refractivity contribution in [2.24, 2.45) is 0 Å². The summed E-state index contributed by atoms with van der Waals surface area (Å²) in [6, 6.07) is 69.7. The molecule has 0 fully saturated rings. The second-order valence-electron chi connectivity index (χ2n) is 14.9. The molecule has 8 aromatic carbocycles. The third kappa shape index (κ3) is 5.75. The SMILES string of the molecule is C1=CC(c2ccccc2)CC=C1N(c1ccc(-c2ccccc2)cc1)c1ccc(-c2ccc3c(c2)c2ccccc2n3-c2cccc3c2oc2ccccc23)cc1. The predicted octanol–water partition coefficient (Wildman–Crippen LogP) is 14.8. The molecule has 3 heteroatoms. The van der Waals surface area contributed by atoms with Crippen LogP contribution in [0.25, 0.3) is 71.7 Å². The summed E-state index contributed by atoms with van der Waals surface area (Å²) < 4.78 is 8.88. The molecule has 10 aromatic rings. The lowest BCUT2D eigenvalue weighted by Gasteiger charge is -2.29. The van der Waals surface area contributed by atoms with Gasteiger partial charge in [0.05, 0.1) is 16.7 Å². The Bertz CT molecular complexity index is 3130. The van der Waals surface area contributed by atoms with Gasteiger partial charge in [-0.3, -0.25) is 0 Å². The highest BCUT2D eigenvalue weighted by molar-refractivity contribution is 6.13. The Morgan fingerprint density at radius 1 is 0.474 bits per heavy atom. The minimum atomic E-state index is 0.368. The molecule has 0 amide bonds. The van der Waals surface area contributed by atoms with Crippen LogP contribution in [-0.2, 0) is 0 Å². The van der Waals surface area contributed by atoms with Gasteiger partial charge in [0.15, 0.2) is 5.58 Å². The number of allylic oxidation sites excluding steroid dienone is 3. The summed E-state index contributed by atoms with van der Waals surface area (Å²) in [7, 11) is 0. The molecule has 0 bridgehead atoms. The van der Waals surface area contributed by atoms with Crippen LogP contribution < -0.4 is 4.90 Å². The first-order valence-electron chi connectivity index (χ1n) is 19.7. The molecule has 0 N–H and O–H groups in total. The van der Waals surface area contributed by atoms with Crippen LogP contribution in [0.4, 0.5) is 11.4 Å². The second-order valence-corrected chi connectivity index (χ2v) is 14.9. The smallest absolute Gasteiger partial charge is 0.159 e. The average Bonchev–Trinajstić information content (AvgIpc) is 3.84. The van der Waals surface area contributed by atoms with Crippen LogP contribution in [0.15, 0.2) is 222 Å². The average molecular weight is 731 g/mol. The monoisotopic (exact) mass is 730 g/mol. The molecule has 0 saturated carbocycles. The van der Waals surface area contributed by atoms with Crippen LogP contribution in [0.2, 0.25) is 0 Å². The second kappa shape index (κ2) is 13.7. The molecule has 270 valence electrons. The molecule has 3 nitrogen and oxygen atoms in total. The molecule has 1 unspecified atom stereocenters. The van der Waals surface area contributed by atoms with Crippen molar-refractivity contribution in [2.75, 3.05) is 4.90 Å². The first-order valence-corrected chi connectivity index (χ1v) is 19.7. The number of fused-ring (bicyclic) bond motifs is 6. The van der Waals surface area contributed by atoms with Gasteiger partial charge < -0.3 is 13.9 Å². The van der Waals surface area contributed by atoms with Gasteiger partial charge in [0.25, 0.3) is 0 Å². The van der Waals surface area contributed by atoms with Gasteiger partial charge in [-0.05, 0) is 94.9 Å². The Morgan fingerprint density at radius 3 is 1.81 bits per heavy atom. The van der Waals surface area contributed by atoms with Crippen LogP contribution in [0.5, 0.6) is 0 Å². The van der Waals surface area contributed by atoms with Crippen LogP contribution in [0.1, 0.15) is 17.9 Å². The quantitative estimate of drug-likeness (QED) is 0.163. The summed E-state index contributed by atoms with van der Waals surface area (Å²) in [5, 5.41) is 4.69. The first-order chi connectivity index (χ1) is 28.3. The fraction of sp³-hybridized carbons (Fsp3) is 0.0370. The van der Waals surface area contributed by atoms with Gasteiger partial charge in [-0.25, -0.2) is 0 Å². The van der Waals surface area contributed by atoms with Gasteiger partial charge in [-0.15, -0.1) is 0 Å². The van der Waals surface area contributed by atoms with E-state index in [2.05, 4.69) is 210 Å². The summed E-state index contributed by atoms with van der Waals surface area (Å²) in [4.78, 5) is 2.38. The molecular weight excluding hydrogens is 693 g/mol. The zero-order valence-corrected chi connectivity index (χ0v) is 31.3. The van der Waals surface area contributed by atoms with Crippen molar-refractivity contribution < 1.29 is 4.42 Å². The van der Waals surface area contributed by atoms with Gasteiger partial charge in [-0.1, -0.05) is 152 Å². The minimum Gasteiger partial charge on any atom is -0.454 e. The highest BCUT2D eigenvalue weighted by atomic mass is 16.3. The van der Waals surface area contributed by atoms with E-state index in [0.717, 1.165) is 56.5 Å². The number of benzene rings is 8. The van der Waals surface area contributed by atoms with E-state index >= 15 is 0 Å². The van der Waals surface area contributed by atoms with E-state index in [4.69, 9.17) is 4.42 Å². The van der Waals surface area contributed by atoms with Crippen molar-refractivity contribution in [3.63, 3.8) is 0 Å². The number of para-hydroxylation sites is 3. The molecule has 1 aliphatic rings. The number of furan rings is 1. The molecule has 0 aliphatic heterocycles. The standard InChI is InChI=1S/C54H38N2O/c1-3-12-37(13-4-1)39-22-29-43(30-23-39)55(44-31-24-40(25-32-44)38-14-5-2-6-15-38)45-33-26-41(27-34-45)42-28-35-51-49(36-42)46-16-7-9-19-50(46)56(51)52-20-11-18-48-47-17-8-10-21-53(47)57-54(48)52/h1-24,26-36,40H,25H2. The van der Waals surface area contributed by atoms with E-state index in [1.165, 1.54) is 44.3 Å². The molecule has 0 radical (unpaired) electrons. The van der Waals surface area contributed by atoms with E-state index in [-0.39, 0.29) is 0 Å². The van der Waals surface area contributed by atoms with Crippen LogP contribution in [0.3, 0.4) is 0 Å². The van der Waals surface area contributed by atoms with E-state index in [9.17, 15) is 0 Å². The molecule has 57 heavy (non-hydrogen) atoms.